The number of rotatable bonds is 3. The van der Waals surface area contributed by atoms with Gasteiger partial charge in [0.1, 0.15) is 11.0 Å². The lowest BCUT2D eigenvalue weighted by Crippen LogP contribution is -2.37. The molecule has 2 rings (SSSR count). The van der Waals surface area contributed by atoms with Gasteiger partial charge in [-0.1, -0.05) is 17.7 Å². The van der Waals surface area contributed by atoms with Crippen LogP contribution in [0.2, 0.25) is 0 Å². The molecule has 140 valence electrons. The Hall–Kier alpha value is -2.24. The molecule has 1 unspecified atom stereocenters. The molecule has 2 amide bonds. The Morgan fingerprint density at radius 1 is 1.38 bits per heavy atom. The van der Waals surface area contributed by atoms with Crippen molar-refractivity contribution in [2.45, 2.75) is 49.3 Å². The number of urea groups is 1. The van der Waals surface area contributed by atoms with Gasteiger partial charge in [0.25, 0.3) is 0 Å². The van der Waals surface area contributed by atoms with Crippen LogP contribution < -0.4 is 10.6 Å². The molecule has 1 aliphatic rings. The van der Waals surface area contributed by atoms with Gasteiger partial charge in [-0.25, -0.2) is 13.2 Å². The third kappa shape index (κ3) is 3.79. The number of carbonyl (C=O) groups excluding carboxylic acids is 1. The Balaban J connectivity index is 2.37. The van der Waals surface area contributed by atoms with Crippen LogP contribution in [-0.2, 0) is 9.84 Å². The first-order chi connectivity index (χ1) is 12.0. The third-order valence-electron chi connectivity index (χ3n) is 4.01. The number of anilines is 1. The van der Waals surface area contributed by atoms with Crippen molar-refractivity contribution < 1.29 is 18.3 Å². The van der Waals surface area contributed by atoms with Gasteiger partial charge in [-0.15, -0.1) is 0 Å². The molecule has 0 bridgehead atoms. The average Bonchev–Trinajstić information content (AvgIpc) is 2.92. The molecule has 7 nitrogen and oxygen atoms in total. The highest BCUT2D eigenvalue weighted by Gasteiger charge is 2.36. The summed E-state index contributed by atoms with van der Waals surface area (Å²) in [6.07, 6.45) is 3.22. The zero-order valence-electron chi connectivity index (χ0n) is 14.6. The molecular formula is C17H20ClN3O4S. The Kier molecular flexibility index (Phi) is 5.54. The van der Waals surface area contributed by atoms with Crippen molar-refractivity contribution >= 4 is 33.2 Å². The summed E-state index contributed by atoms with van der Waals surface area (Å²) in [6.45, 7) is 4.39. The van der Waals surface area contributed by atoms with E-state index in [1.54, 1.807) is 12.1 Å². The fourth-order valence-electron chi connectivity index (χ4n) is 2.46. The molecule has 3 N–H and O–H groups in total. The zero-order valence-corrected chi connectivity index (χ0v) is 16.2. The predicted octanol–water partition coefficient (Wildman–Crippen LogP) is 3.24. The van der Waals surface area contributed by atoms with Crippen molar-refractivity contribution in [3.63, 3.8) is 0 Å². The lowest BCUT2D eigenvalue weighted by Gasteiger charge is -2.22. The summed E-state index contributed by atoms with van der Waals surface area (Å²) in [5, 5.41) is 25.3. The molecule has 0 saturated carbocycles. The second-order valence-corrected chi connectivity index (χ2v) is 9.96. The average molecular weight is 398 g/mol. The summed E-state index contributed by atoms with van der Waals surface area (Å²) in [5.41, 5.74) is -0.299. The summed E-state index contributed by atoms with van der Waals surface area (Å²) < 4.78 is 24.3. The molecule has 1 aromatic carbocycles. The highest BCUT2D eigenvalue weighted by Crippen LogP contribution is 2.38. The minimum absolute atomic E-state index is 0.109. The number of amides is 2. The Morgan fingerprint density at radius 2 is 2.04 bits per heavy atom. The molecule has 0 saturated heterocycles. The largest absolute Gasteiger partial charge is 0.504 e. The topological polar surface area (TPSA) is 119 Å². The molecule has 1 atom stereocenters. The lowest BCUT2D eigenvalue weighted by molar-refractivity contribution is 0.250. The van der Waals surface area contributed by atoms with Gasteiger partial charge in [-0.2, -0.15) is 5.26 Å². The first-order valence-corrected chi connectivity index (χ1v) is 9.79. The molecule has 1 aromatic rings. The molecule has 0 aliphatic heterocycles. The number of nitrogens with zero attached hydrogens (tertiary/aromatic N) is 1. The van der Waals surface area contributed by atoms with Crippen LogP contribution in [0.1, 0.15) is 39.2 Å². The number of phenols is 1. The van der Waals surface area contributed by atoms with Crippen molar-refractivity contribution in [1.29, 1.82) is 5.26 Å². The Labute approximate surface area is 157 Å². The van der Waals surface area contributed by atoms with Gasteiger partial charge in [-0.3, -0.25) is 0 Å². The zero-order chi connectivity index (χ0) is 19.7. The predicted molar refractivity (Wildman–Crippen MR) is 98.9 cm³/mol. The van der Waals surface area contributed by atoms with E-state index < -0.39 is 31.3 Å². The molecule has 26 heavy (non-hydrogen) atoms. The van der Waals surface area contributed by atoms with E-state index in [0.717, 1.165) is 6.42 Å². The molecule has 0 fully saturated rings. The summed E-state index contributed by atoms with van der Waals surface area (Å²) in [7, 11) is -4.01. The van der Waals surface area contributed by atoms with Crippen molar-refractivity contribution in [3.8, 4) is 11.8 Å². The third-order valence-corrected chi connectivity index (χ3v) is 6.99. The van der Waals surface area contributed by atoms with E-state index in [-0.39, 0.29) is 17.3 Å². The second kappa shape index (κ2) is 7.17. The number of nitrogens with one attached hydrogen (secondary N) is 2. The van der Waals surface area contributed by atoms with Gasteiger partial charge < -0.3 is 15.7 Å². The number of carbonyl (C=O) groups is 1. The smallest absolute Gasteiger partial charge is 0.319 e. The number of hydrogen-bond acceptors (Lipinski definition) is 5. The molecule has 1 aliphatic carbocycles. The van der Waals surface area contributed by atoms with Crippen molar-refractivity contribution in [3.05, 3.63) is 28.8 Å². The van der Waals surface area contributed by atoms with E-state index in [1.807, 2.05) is 0 Å². The van der Waals surface area contributed by atoms with Crippen molar-refractivity contribution in [2.24, 2.45) is 0 Å². The van der Waals surface area contributed by atoms with E-state index in [2.05, 4.69) is 10.6 Å². The SMILES string of the molecule is CC(C)(C)S(=O)(=O)c1c(C#N)ccc(NC(=O)NC2CCC=C2Cl)c1O. The maximum Gasteiger partial charge on any atom is 0.319 e. The molecule has 0 aromatic heterocycles. The molecular weight excluding hydrogens is 378 g/mol. The number of nitriles is 1. The number of aromatic hydroxyl groups is 1. The summed E-state index contributed by atoms with van der Waals surface area (Å²) in [4.78, 5) is 11.6. The molecule has 0 spiro atoms. The lowest BCUT2D eigenvalue weighted by atomic mass is 10.2. The van der Waals surface area contributed by atoms with Crippen molar-refractivity contribution in [1.82, 2.24) is 5.32 Å². The van der Waals surface area contributed by atoms with Crippen LogP contribution in [-0.4, -0.2) is 30.3 Å². The standard InChI is InChI=1S/C17H20ClN3O4S/c1-17(2,3)26(24,25)15-10(9-19)7-8-13(14(15)22)21-16(23)20-12-6-4-5-11(12)18/h5,7-8,12,22H,4,6H2,1-3H3,(H2,20,21,23). The maximum absolute atomic E-state index is 12.7. The first-order valence-electron chi connectivity index (χ1n) is 7.93. The number of allylic oxidation sites excluding steroid dienone is 1. The minimum Gasteiger partial charge on any atom is -0.504 e. The minimum atomic E-state index is -4.01. The van der Waals surface area contributed by atoms with Gasteiger partial charge in [-0.05, 0) is 45.7 Å². The molecule has 0 heterocycles. The molecule has 0 radical (unpaired) electrons. The van der Waals surface area contributed by atoms with Gasteiger partial charge in [0.15, 0.2) is 15.6 Å². The van der Waals surface area contributed by atoms with E-state index in [4.69, 9.17) is 11.6 Å². The fraction of sp³-hybridized carbons (Fsp3) is 0.412. The number of hydrogen-bond donors (Lipinski definition) is 3. The summed E-state index contributed by atoms with van der Waals surface area (Å²) in [6, 6.07) is 3.33. The highest BCUT2D eigenvalue weighted by molar-refractivity contribution is 7.93. The summed E-state index contributed by atoms with van der Waals surface area (Å²) in [5.74, 6) is -0.665. The van der Waals surface area contributed by atoms with Crippen LogP contribution in [0.15, 0.2) is 28.1 Å². The van der Waals surface area contributed by atoms with Gasteiger partial charge in [0, 0.05) is 5.03 Å². The van der Waals surface area contributed by atoms with E-state index in [9.17, 15) is 23.6 Å². The summed E-state index contributed by atoms with van der Waals surface area (Å²) >= 11 is 5.99. The van der Waals surface area contributed by atoms with Crippen LogP contribution in [0.4, 0.5) is 10.5 Å². The van der Waals surface area contributed by atoms with Crippen molar-refractivity contribution in [2.75, 3.05) is 5.32 Å². The van der Waals surface area contributed by atoms with Gasteiger partial charge in [0.05, 0.1) is 22.0 Å². The number of benzene rings is 1. The van der Waals surface area contributed by atoms with Crippen LogP contribution >= 0.6 is 11.6 Å². The molecule has 9 heteroatoms. The van der Waals surface area contributed by atoms with Gasteiger partial charge in [0.2, 0.25) is 0 Å². The van der Waals surface area contributed by atoms with Crippen LogP contribution in [0.5, 0.6) is 5.75 Å². The highest BCUT2D eigenvalue weighted by atomic mass is 35.5. The number of sulfone groups is 1. The Morgan fingerprint density at radius 3 is 2.54 bits per heavy atom. The van der Waals surface area contributed by atoms with Gasteiger partial charge >= 0.3 is 6.03 Å². The van der Waals surface area contributed by atoms with E-state index in [0.29, 0.717) is 11.5 Å². The maximum atomic E-state index is 12.7. The van der Waals surface area contributed by atoms with E-state index in [1.165, 1.54) is 32.9 Å². The van der Waals surface area contributed by atoms with Crippen LogP contribution in [0.25, 0.3) is 0 Å². The number of phenolic OH excluding ortho intramolecular Hbond substituents is 1. The second-order valence-electron chi connectivity index (χ2n) is 6.88. The Bertz CT molecular complexity index is 911. The quantitative estimate of drug-likeness (QED) is 0.676. The monoisotopic (exact) mass is 397 g/mol. The van der Waals surface area contributed by atoms with Crippen LogP contribution in [0, 0.1) is 11.3 Å². The normalized spacial score (nSPS) is 17.3. The number of halogens is 1. The first kappa shape index (κ1) is 20.1. The van der Waals surface area contributed by atoms with E-state index >= 15 is 0 Å². The van der Waals surface area contributed by atoms with Crippen LogP contribution in [0.3, 0.4) is 0 Å². The fourth-order valence-corrected chi connectivity index (χ4v) is 4.12.